The number of aryl methyl sites for hydroxylation is 1. The van der Waals surface area contributed by atoms with E-state index in [1.165, 1.54) is 0 Å². The van der Waals surface area contributed by atoms with Gasteiger partial charge in [0.05, 0.1) is 17.7 Å². The van der Waals surface area contributed by atoms with Crippen LogP contribution in [0.1, 0.15) is 53.5 Å². The van der Waals surface area contributed by atoms with Gasteiger partial charge in [0, 0.05) is 0 Å². The maximum Gasteiger partial charge on any atom is 0.343 e. The van der Waals surface area contributed by atoms with Crippen LogP contribution < -0.4 is 9.47 Å². The van der Waals surface area contributed by atoms with E-state index < -0.39 is 11.9 Å². The molecule has 1 heterocycles. The first-order valence-electron chi connectivity index (χ1n) is 8.69. The number of benzene rings is 2. The monoisotopic (exact) mass is 354 g/mol. The molecule has 5 heteroatoms. The predicted molar refractivity (Wildman–Crippen MR) is 96.8 cm³/mol. The molecule has 136 valence electrons. The maximum absolute atomic E-state index is 12.4. The minimum absolute atomic E-state index is 0.185. The molecule has 26 heavy (non-hydrogen) atoms. The molecule has 0 aromatic heterocycles. The van der Waals surface area contributed by atoms with E-state index in [4.69, 9.17) is 14.2 Å². The molecule has 1 aliphatic rings. The van der Waals surface area contributed by atoms with Gasteiger partial charge in [0.15, 0.2) is 0 Å². The maximum atomic E-state index is 12.4. The normalized spacial score (nSPS) is 14.7. The van der Waals surface area contributed by atoms with Crippen molar-refractivity contribution in [3.8, 4) is 11.5 Å². The Hall–Kier alpha value is -2.82. The fraction of sp³-hybridized carbons (Fsp3) is 0.333. The molecular weight excluding hydrogens is 332 g/mol. The summed E-state index contributed by atoms with van der Waals surface area (Å²) < 4.78 is 16.3. The van der Waals surface area contributed by atoms with Crippen molar-refractivity contribution in [2.45, 2.75) is 39.2 Å². The number of esters is 2. The Morgan fingerprint density at radius 1 is 1.04 bits per heavy atom. The third-order valence-electron chi connectivity index (χ3n) is 4.25. The molecule has 0 saturated carbocycles. The van der Waals surface area contributed by atoms with Gasteiger partial charge in [-0.25, -0.2) is 9.59 Å². The highest BCUT2D eigenvalue weighted by molar-refractivity contribution is 5.92. The van der Waals surface area contributed by atoms with Gasteiger partial charge in [-0.2, -0.15) is 0 Å². The van der Waals surface area contributed by atoms with Crippen molar-refractivity contribution in [2.24, 2.45) is 0 Å². The van der Waals surface area contributed by atoms with Crippen LogP contribution >= 0.6 is 0 Å². The van der Waals surface area contributed by atoms with Gasteiger partial charge in [0.1, 0.15) is 17.1 Å². The zero-order chi connectivity index (χ0) is 18.7. The van der Waals surface area contributed by atoms with Gasteiger partial charge in [0.2, 0.25) is 0 Å². The summed E-state index contributed by atoms with van der Waals surface area (Å²) in [7, 11) is 0. The third-order valence-corrected chi connectivity index (χ3v) is 4.25. The van der Waals surface area contributed by atoms with Crippen LogP contribution in [-0.4, -0.2) is 24.1 Å². The lowest BCUT2D eigenvalue weighted by Crippen LogP contribution is -2.32. The van der Waals surface area contributed by atoms with Gasteiger partial charge in [0.25, 0.3) is 0 Å². The third kappa shape index (κ3) is 4.04. The predicted octanol–water partition coefficient (Wildman–Crippen LogP) is 4.19. The first-order valence-corrected chi connectivity index (χ1v) is 8.69. The Morgan fingerprint density at radius 3 is 2.42 bits per heavy atom. The first kappa shape index (κ1) is 18.0. The molecule has 3 rings (SSSR count). The molecule has 0 atom stereocenters. The SMILES string of the molecule is CCOC(=O)c1ccc(OC(=O)c2ccc3c(c2)CCC(C)(C)O3)cc1. The molecular formula is C21H22O5. The lowest BCUT2D eigenvalue weighted by atomic mass is 9.93. The average Bonchev–Trinajstić information content (AvgIpc) is 2.61. The summed E-state index contributed by atoms with van der Waals surface area (Å²) in [5, 5.41) is 0. The Balaban J connectivity index is 1.70. The molecule has 1 aliphatic heterocycles. The van der Waals surface area contributed by atoms with Crippen LogP contribution in [0.4, 0.5) is 0 Å². The van der Waals surface area contributed by atoms with Crippen LogP contribution in [0.25, 0.3) is 0 Å². The average molecular weight is 354 g/mol. The second-order valence-corrected chi connectivity index (χ2v) is 6.82. The molecule has 2 aromatic rings. The number of rotatable bonds is 4. The van der Waals surface area contributed by atoms with Gasteiger partial charge in [-0.15, -0.1) is 0 Å². The lowest BCUT2D eigenvalue weighted by molar-refractivity contribution is 0.0526. The highest BCUT2D eigenvalue weighted by atomic mass is 16.5. The van der Waals surface area contributed by atoms with Crippen LogP contribution in [0.15, 0.2) is 42.5 Å². The quantitative estimate of drug-likeness (QED) is 0.609. The van der Waals surface area contributed by atoms with Gasteiger partial charge < -0.3 is 14.2 Å². The number of carbonyl (C=O) groups excluding carboxylic acids is 2. The van der Waals surface area contributed by atoms with E-state index in [1.54, 1.807) is 37.3 Å². The van der Waals surface area contributed by atoms with Crippen LogP contribution in [-0.2, 0) is 11.2 Å². The molecule has 2 aromatic carbocycles. The van der Waals surface area contributed by atoms with Crippen LogP contribution in [0, 0.1) is 0 Å². The molecule has 0 saturated heterocycles. The summed E-state index contributed by atoms with van der Waals surface area (Å²) in [4.78, 5) is 24.0. The van der Waals surface area contributed by atoms with Crippen molar-refractivity contribution in [2.75, 3.05) is 6.61 Å². The van der Waals surface area contributed by atoms with Gasteiger partial charge in [-0.1, -0.05) is 0 Å². The largest absolute Gasteiger partial charge is 0.488 e. The van der Waals surface area contributed by atoms with Crippen LogP contribution in [0.5, 0.6) is 11.5 Å². The number of fused-ring (bicyclic) bond motifs is 1. The van der Waals surface area contributed by atoms with E-state index in [-0.39, 0.29) is 5.60 Å². The van der Waals surface area contributed by atoms with E-state index >= 15 is 0 Å². The fourth-order valence-corrected chi connectivity index (χ4v) is 2.83. The summed E-state index contributed by atoms with van der Waals surface area (Å²) >= 11 is 0. The Labute approximate surface area is 152 Å². The smallest absolute Gasteiger partial charge is 0.343 e. The van der Waals surface area contributed by atoms with Crippen molar-refractivity contribution in [3.63, 3.8) is 0 Å². The van der Waals surface area contributed by atoms with E-state index in [2.05, 4.69) is 13.8 Å². The van der Waals surface area contributed by atoms with Crippen molar-refractivity contribution in [3.05, 3.63) is 59.2 Å². The topological polar surface area (TPSA) is 61.8 Å². The number of carbonyl (C=O) groups is 2. The number of hydrogen-bond donors (Lipinski definition) is 0. The number of ether oxygens (including phenoxy) is 3. The highest BCUT2D eigenvalue weighted by Gasteiger charge is 2.27. The van der Waals surface area contributed by atoms with Gasteiger partial charge in [-0.3, -0.25) is 0 Å². The highest BCUT2D eigenvalue weighted by Crippen LogP contribution is 2.33. The Morgan fingerprint density at radius 2 is 1.73 bits per heavy atom. The summed E-state index contributed by atoms with van der Waals surface area (Å²) in [6, 6.07) is 11.6. The number of hydrogen-bond acceptors (Lipinski definition) is 5. The molecule has 0 aliphatic carbocycles. The summed E-state index contributed by atoms with van der Waals surface area (Å²) in [6.07, 6.45) is 1.76. The summed E-state index contributed by atoms with van der Waals surface area (Å²) in [6.45, 7) is 6.17. The molecule has 0 bridgehead atoms. The van der Waals surface area contributed by atoms with Crippen molar-refractivity contribution < 1.29 is 23.8 Å². The van der Waals surface area contributed by atoms with E-state index in [9.17, 15) is 9.59 Å². The van der Waals surface area contributed by atoms with E-state index in [0.717, 1.165) is 24.2 Å². The second kappa shape index (κ2) is 7.20. The molecule has 0 unspecified atom stereocenters. The van der Waals surface area contributed by atoms with Gasteiger partial charge in [-0.05, 0) is 81.6 Å². The first-order chi connectivity index (χ1) is 12.4. The molecule has 0 radical (unpaired) electrons. The van der Waals surface area contributed by atoms with Crippen LogP contribution in [0.2, 0.25) is 0 Å². The molecule has 0 spiro atoms. The Kier molecular flexibility index (Phi) is 4.98. The van der Waals surface area contributed by atoms with E-state index in [0.29, 0.717) is 23.5 Å². The minimum atomic E-state index is -0.443. The minimum Gasteiger partial charge on any atom is -0.488 e. The van der Waals surface area contributed by atoms with Crippen molar-refractivity contribution >= 4 is 11.9 Å². The zero-order valence-corrected chi connectivity index (χ0v) is 15.2. The molecule has 5 nitrogen and oxygen atoms in total. The van der Waals surface area contributed by atoms with Crippen molar-refractivity contribution in [1.29, 1.82) is 0 Å². The second-order valence-electron chi connectivity index (χ2n) is 6.82. The van der Waals surface area contributed by atoms with E-state index in [1.807, 2.05) is 12.1 Å². The zero-order valence-electron chi connectivity index (χ0n) is 15.2. The Bertz CT molecular complexity index is 821. The molecule has 0 amide bonds. The lowest BCUT2D eigenvalue weighted by Gasteiger charge is -2.32. The van der Waals surface area contributed by atoms with Gasteiger partial charge >= 0.3 is 11.9 Å². The van der Waals surface area contributed by atoms with Crippen molar-refractivity contribution in [1.82, 2.24) is 0 Å². The summed E-state index contributed by atoms with van der Waals surface area (Å²) in [5.74, 6) is 0.347. The summed E-state index contributed by atoms with van der Waals surface area (Å²) in [5.41, 5.74) is 1.72. The molecule has 0 N–H and O–H groups in total. The van der Waals surface area contributed by atoms with Crippen LogP contribution in [0.3, 0.4) is 0 Å². The molecule has 0 fully saturated rings. The standard InChI is InChI=1S/C21H22O5/c1-4-24-19(22)14-5-8-17(9-6-14)25-20(23)16-7-10-18-15(13-16)11-12-21(2,3)26-18/h5-10,13H,4,11-12H2,1-3H3. The fourth-order valence-electron chi connectivity index (χ4n) is 2.83.